The Labute approximate surface area is 206 Å². The lowest BCUT2D eigenvalue weighted by atomic mass is 10.1. The predicted octanol–water partition coefficient (Wildman–Crippen LogP) is 4.97. The van der Waals surface area contributed by atoms with Gasteiger partial charge in [-0.2, -0.15) is 0 Å². The largest absolute Gasteiger partial charge is 0.489 e. The molecule has 7 nitrogen and oxygen atoms in total. The van der Waals surface area contributed by atoms with E-state index >= 15 is 0 Å². The summed E-state index contributed by atoms with van der Waals surface area (Å²) in [7, 11) is 0. The van der Waals surface area contributed by atoms with Gasteiger partial charge in [0.1, 0.15) is 29.9 Å². The van der Waals surface area contributed by atoms with Gasteiger partial charge in [0.05, 0.1) is 17.8 Å². The third-order valence-electron chi connectivity index (χ3n) is 5.33. The van der Waals surface area contributed by atoms with E-state index in [1.165, 1.54) is 4.68 Å². The lowest BCUT2D eigenvalue weighted by molar-refractivity contribution is 0.0888. The number of nitrogens with zero attached hydrogens (tertiary/aromatic N) is 4. The van der Waals surface area contributed by atoms with E-state index in [-0.39, 0.29) is 19.8 Å². The van der Waals surface area contributed by atoms with Crippen LogP contribution in [0, 0.1) is 0 Å². The molecule has 1 aliphatic rings. The van der Waals surface area contributed by atoms with Crippen LogP contribution in [0.1, 0.15) is 16.8 Å². The van der Waals surface area contributed by atoms with Gasteiger partial charge in [0.15, 0.2) is 6.61 Å². The lowest BCUT2D eigenvalue weighted by Gasteiger charge is -2.13. The normalized spacial score (nSPS) is 12.7. The van der Waals surface area contributed by atoms with Crippen LogP contribution in [-0.4, -0.2) is 38.5 Å². The minimum absolute atomic E-state index is 0.0412. The van der Waals surface area contributed by atoms with E-state index in [9.17, 15) is 5.11 Å². The highest BCUT2D eigenvalue weighted by Gasteiger charge is 2.24. The molecule has 0 aliphatic heterocycles. The Hall–Kier alpha value is -3.39. The number of aliphatic hydroxyl groups excluding tert-OH is 1. The molecule has 0 amide bonds. The minimum atomic E-state index is -0.811. The highest BCUT2D eigenvalue weighted by atomic mass is 35.5. The molecule has 3 aromatic carbocycles. The standard InChI is InChI=1S/C25H20Cl2N4O3/c26-16-9-10-24(23(27)11-16)33-15-18(32)13-31-12-17(28-30-31)14-34-29-25-21-7-3-1-5-19(21)20-6-2-4-8-22(20)25/h1-12,18,32H,13-15H2. The molecule has 0 spiro atoms. The Bertz CT molecular complexity index is 1310. The molecule has 1 aromatic heterocycles. The van der Waals surface area contributed by atoms with E-state index in [1.807, 2.05) is 36.4 Å². The van der Waals surface area contributed by atoms with Crippen molar-refractivity contribution in [1.82, 2.24) is 15.0 Å². The first-order valence-electron chi connectivity index (χ1n) is 10.6. The molecule has 1 unspecified atom stereocenters. The van der Waals surface area contributed by atoms with Crippen molar-refractivity contribution < 1.29 is 14.7 Å². The molecule has 172 valence electrons. The van der Waals surface area contributed by atoms with Gasteiger partial charge in [-0.25, -0.2) is 4.68 Å². The molecule has 5 rings (SSSR count). The molecule has 0 saturated heterocycles. The average molecular weight is 495 g/mol. The number of fused-ring (bicyclic) bond motifs is 3. The van der Waals surface area contributed by atoms with E-state index in [1.54, 1.807) is 24.4 Å². The highest BCUT2D eigenvalue weighted by molar-refractivity contribution is 6.35. The van der Waals surface area contributed by atoms with E-state index in [0.717, 1.165) is 28.0 Å². The topological polar surface area (TPSA) is 81.8 Å². The molecule has 0 saturated carbocycles. The molecular weight excluding hydrogens is 475 g/mol. The second-order valence-corrected chi connectivity index (χ2v) is 8.62. The summed E-state index contributed by atoms with van der Waals surface area (Å²) in [6.45, 7) is 0.397. The van der Waals surface area contributed by atoms with Gasteiger partial charge in [0.2, 0.25) is 0 Å². The van der Waals surface area contributed by atoms with Gasteiger partial charge in [0, 0.05) is 16.1 Å². The molecule has 4 aromatic rings. The zero-order valence-electron chi connectivity index (χ0n) is 17.9. The summed E-state index contributed by atoms with van der Waals surface area (Å²) in [4.78, 5) is 5.62. The maximum atomic E-state index is 10.3. The Morgan fingerprint density at radius 2 is 1.62 bits per heavy atom. The van der Waals surface area contributed by atoms with Gasteiger partial charge in [-0.3, -0.25) is 0 Å². The van der Waals surface area contributed by atoms with Crippen molar-refractivity contribution >= 4 is 28.9 Å². The maximum Gasteiger partial charge on any atom is 0.162 e. The molecule has 1 heterocycles. The third kappa shape index (κ3) is 4.77. The number of rotatable bonds is 8. The molecule has 1 aliphatic carbocycles. The number of oxime groups is 1. The van der Waals surface area contributed by atoms with Crippen LogP contribution in [0.25, 0.3) is 11.1 Å². The highest BCUT2D eigenvalue weighted by Crippen LogP contribution is 2.36. The van der Waals surface area contributed by atoms with Crippen molar-refractivity contribution in [3.63, 3.8) is 0 Å². The van der Waals surface area contributed by atoms with Gasteiger partial charge in [-0.1, -0.05) is 82.1 Å². The van der Waals surface area contributed by atoms with E-state index < -0.39 is 6.10 Å². The van der Waals surface area contributed by atoms with Gasteiger partial charge in [0.25, 0.3) is 0 Å². The van der Waals surface area contributed by atoms with Crippen molar-refractivity contribution in [2.24, 2.45) is 5.16 Å². The number of ether oxygens (including phenoxy) is 1. The number of hydrogen-bond acceptors (Lipinski definition) is 6. The van der Waals surface area contributed by atoms with Gasteiger partial charge in [-0.05, 0) is 29.3 Å². The zero-order chi connectivity index (χ0) is 23.5. The Morgan fingerprint density at radius 1 is 0.941 bits per heavy atom. The fourth-order valence-electron chi connectivity index (χ4n) is 3.80. The molecule has 0 fully saturated rings. The van der Waals surface area contributed by atoms with Crippen molar-refractivity contribution in [2.45, 2.75) is 19.3 Å². The predicted molar refractivity (Wildman–Crippen MR) is 130 cm³/mol. The van der Waals surface area contributed by atoms with Crippen LogP contribution in [0.4, 0.5) is 0 Å². The van der Waals surface area contributed by atoms with E-state index in [0.29, 0.717) is 21.5 Å². The molecule has 1 N–H and O–H groups in total. The Kier molecular flexibility index (Phi) is 6.49. The Morgan fingerprint density at radius 3 is 2.29 bits per heavy atom. The van der Waals surface area contributed by atoms with Crippen LogP contribution < -0.4 is 4.74 Å². The van der Waals surface area contributed by atoms with Crippen LogP contribution in [-0.2, 0) is 18.0 Å². The maximum absolute atomic E-state index is 10.3. The monoisotopic (exact) mass is 494 g/mol. The van der Waals surface area contributed by atoms with Crippen LogP contribution in [0.2, 0.25) is 10.0 Å². The summed E-state index contributed by atoms with van der Waals surface area (Å²) in [6, 6.07) is 21.2. The summed E-state index contributed by atoms with van der Waals surface area (Å²) < 4.78 is 7.10. The molecule has 0 bridgehead atoms. The number of benzene rings is 3. The summed E-state index contributed by atoms with van der Waals surface area (Å²) in [5, 5.41) is 23.7. The first-order valence-corrected chi connectivity index (χ1v) is 11.4. The van der Waals surface area contributed by atoms with Gasteiger partial charge >= 0.3 is 0 Å². The fraction of sp³-hybridized carbons (Fsp3) is 0.160. The summed E-state index contributed by atoms with van der Waals surface area (Å²) in [5.74, 6) is 0.451. The van der Waals surface area contributed by atoms with Gasteiger partial charge < -0.3 is 14.7 Å². The second kappa shape index (κ2) is 9.85. The van der Waals surface area contributed by atoms with E-state index in [4.69, 9.17) is 32.8 Å². The van der Waals surface area contributed by atoms with Gasteiger partial charge in [-0.15, -0.1) is 5.10 Å². The van der Waals surface area contributed by atoms with Crippen molar-refractivity contribution in [3.8, 4) is 16.9 Å². The van der Waals surface area contributed by atoms with Crippen molar-refractivity contribution in [3.05, 3.63) is 99.8 Å². The summed E-state index contributed by atoms with van der Waals surface area (Å²) in [6.07, 6.45) is 0.892. The first kappa shape index (κ1) is 22.4. The number of hydrogen-bond donors (Lipinski definition) is 1. The number of aromatic nitrogens is 3. The lowest BCUT2D eigenvalue weighted by Crippen LogP contribution is -2.24. The number of halogens is 2. The number of aliphatic hydroxyl groups is 1. The fourth-order valence-corrected chi connectivity index (χ4v) is 4.26. The van der Waals surface area contributed by atoms with E-state index in [2.05, 4.69) is 27.6 Å². The van der Waals surface area contributed by atoms with Crippen molar-refractivity contribution in [2.75, 3.05) is 6.61 Å². The quantitative estimate of drug-likeness (QED) is 0.308. The summed E-state index contributed by atoms with van der Waals surface area (Å²) in [5.41, 5.74) is 5.75. The van der Waals surface area contributed by atoms with Crippen LogP contribution in [0.15, 0.2) is 78.1 Å². The Balaban J connectivity index is 1.18. The molecule has 34 heavy (non-hydrogen) atoms. The smallest absolute Gasteiger partial charge is 0.162 e. The first-order chi connectivity index (χ1) is 16.6. The SMILES string of the molecule is OC(COc1ccc(Cl)cc1Cl)Cn1cc(CON=C2c3ccccc3-c3ccccc32)nn1. The molecule has 0 radical (unpaired) electrons. The molecular formula is C25H20Cl2N4O3. The average Bonchev–Trinajstić information content (AvgIpc) is 3.41. The van der Waals surface area contributed by atoms with Crippen molar-refractivity contribution in [1.29, 1.82) is 0 Å². The molecule has 9 heteroatoms. The zero-order valence-corrected chi connectivity index (χ0v) is 19.4. The second-order valence-electron chi connectivity index (χ2n) is 7.78. The van der Waals surface area contributed by atoms with Crippen LogP contribution in [0.5, 0.6) is 5.75 Å². The third-order valence-corrected chi connectivity index (χ3v) is 5.86. The minimum Gasteiger partial charge on any atom is -0.489 e. The van der Waals surface area contributed by atoms with Crippen LogP contribution >= 0.6 is 23.2 Å². The van der Waals surface area contributed by atoms with Crippen LogP contribution in [0.3, 0.4) is 0 Å². The summed E-state index contributed by atoms with van der Waals surface area (Å²) >= 11 is 12.0. The molecule has 1 atom stereocenters.